The topological polar surface area (TPSA) is 133 Å². The van der Waals surface area contributed by atoms with E-state index < -0.39 is 29.7 Å². The number of methoxy groups -OCH3 is 1. The highest BCUT2D eigenvalue weighted by Crippen LogP contribution is 2.26. The maximum Gasteiger partial charge on any atom is 0.316 e. The van der Waals surface area contributed by atoms with Crippen LogP contribution in [0.2, 0.25) is 0 Å². The molecule has 0 saturated carbocycles. The second-order valence-electron chi connectivity index (χ2n) is 8.57. The number of aromatic amines is 1. The van der Waals surface area contributed by atoms with Crippen LogP contribution in [0.15, 0.2) is 24.3 Å². The Morgan fingerprint density at radius 3 is 2.71 bits per heavy atom. The summed E-state index contributed by atoms with van der Waals surface area (Å²) in [6.07, 6.45) is 6.10. The van der Waals surface area contributed by atoms with Gasteiger partial charge in [-0.3, -0.25) is 24.6 Å². The molecule has 0 radical (unpaired) electrons. The van der Waals surface area contributed by atoms with Crippen LogP contribution in [0.4, 0.5) is 0 Å². The molecule has 4 N–H and O–H groups in total. The summed E-state index contributed by atoms with van der Waals surface area (Å²) >= 11 is 0. The van der Waals surface area contributed by atoms with Gasteiger partial charge >= 0.3 is 5.91 Å². The van der Waals surface area contributed by atoms with E-state index in [0.29, 0.717) is 25.1 Å². The van der Waals surface area contributed by atoms with Crippen LogP contribution in [0.25, 0.3) is 10.9 Å². The standard InChI is InChI=1S/C24H29N5O5/c1-5-21(30)29(13-15-9-10-25-22(15)31)28-24(33)18(11-14(2)3)27-23(32)19-12-16-17(26-19)7-6-8-20(16)34-4/h1,6-8,12,14-15,18,26H,9-11,13H2,2-4H3,(H,25,31)(H,27,32)(H,28,33)/t15-,18-/m0/s1. The third kappa shape index (κ3) is 5.67. The molecular weight excluding hydrogens is 438 g/mol. The number of fused-ring (bicyclic) bond motifs is 1. The smallest absolute Gasteiger partial charge is 0.316 e. The molecule has 4 amide bonds. The molecule has 2 heterocycles. The number of hydrazine groups is 1. The summed E-state index contributed by atoms with van der Waals surface area (Å²) in [6.45, 7) is 4.27. The van der Waals surface area contributed by atoms with Crippen molar-refractivity contribution >= 4 is 34.5 Å². The molecule has 0 aliphatic carbocycles. The number of ether oxygens (including phenoxy) is 1. The zero-order valence-corrected chi connectivity index (χ0v) is 19.4. The highest BCUT2D eigenvalue weighted by Gasteiger charge is 2.31. The Bertz CT molecular complexity index is 1130. The van der Waals surface area contributed by atoms with Crippen LogP contribution < -0.4 is 20.8 Å². The van der Waals surface area contributed by atoms with E-state index in [2.05, 4.69) is 21.0 Å². The number of rotatable bonds is 8. The lowest BCUT2D eigenvalue weighted by atomic mass is 10.0. The molecule has 2 aromatic rings. The van der Waals surface area contributed by atoms with E-state index in [9.17, 15) is 19.2 Å². The highest BCUT2D eigenvalue weighted by molar-refractivity contribution is 6.02. The first-order valence-corrected chi connectivity index (χ1v) is 11.1. The van der Waals surface area contributed by atoms with Gasteiger partial charge in [-0.1, -0.05) is 19.9 Å². The number of benzene rings is 1. The van der Waals surface area contributed by atoms with Crippen LogP contribution >= 0.6 is 0 Å². The highest BCUT2D eigenvalue weighted by atomic mass is 16.5. The monoisotopic (exact) mass is 467 g/mol. The Balaban J connectivity index is 1.76. The molecule has 1 aromatic carbocycles. The lowest BCUT2D eigenvalue weighted by molar-refractivity contribution is -0.140. The number of hydrogen-bond acceptors (Lipinski definition) is 5. The zero-order valence-electron chi connectivity index (χ0n) is 19.4. The minimum atomic E-state index is -0.939. The van der Waals surface area contributed by atoms with Crippen molar-refractivity contribution in [3.8, 4) is 18.1 Å². The number of aromatic nitrogens is 1. The Labute approximate surface area is 197 Å². The van der Waals surface area contributed by atoms with Crippen LogP contribution in [0, 0.1) is 24.2 Å². The van der Waals surface area contributed by atoms with Gasteiger partial charge in [0.2, 0.25) is 5.91 Å². The first kappa shape index (κ1) is 24.6. The molecule has 10 heteroatoms. The minimum absolute atomic E-state index is 0.0508. The summed E-state index contributed by atoms with van der Waals surface area (Å²) in [4.78, 5) is 53.2. The van der Waals surface area contributed by atoms with Crippen molar-refractivity contribution in [2.45, 2.75) is 32.7 Å². The van der Waals surface area contributed by atoms with Gasteiger partial charge in [-0.05, 0) is 42.9 Å². The van der Waals surface area contributed by atoms with Crippen molar-refractivity contribution in [1.29, 1.82) is 0 Å². The van der Waals surface area contributed by atoms with Gasteiger partial charge in [-0.2, -0.15) is 0 Å². The number of carbonyl (C=O) groups is 4. The molecule has 10 nitrogen and oxygen atoms in total. The van der Waals surface area contributed by atoms with Crippen molar-refractivity contribution in [2.75, 3.05) is 20.2 Å². The van der Waals surface area contributed by atoms with Crippen molar-refractivity contribution in [2.24, 2.45) is 11.8 Å². The van der Waals surface area contributed by atoms with E-state index in [0.717, 1.165) is 15.9 Å². The molecule has 3 rings (SSSR count). The number of nitrogens with zero attached hydrogens (tertiary/aromatic N) is 1. The summed E-state index contributed by atoms with van der Waals surface area (Å²) in [5.74, 6) is 0.115. The quantitative estimate of drug-likeness (QED) is 0.339. The molecule has 1 aliphatic rings. The maximum atomic E-state index is 13.1. The van der Waals surface area contributed by atoms with Gasteiger partial charge in [-0.15, -0.1) is 6.42 Å². The molecule has 0 bridgehead atoms. The van der Waals surface area contributed by atoms with Gasteiger partial charge in [0.1, 0.15) is 17.5 Å². The minimum Gasteiger partial charge on any atom is -0.496 e. The van der Waals surface area contributed by atoms with Crippen LogP contribution in [-0.2, 0) is 14.4 Å². The molecule has 1 saturated heterocycles. The maximum absolute atomic E-state index is 13.1. The average Bonchev–Trinajstić information content (AvgIpc) is 3.43. The molecule has 1 aromatic heterocycles. The van der Waals surface area contributed by atoms with Crippen LogP contribution in [0.5, 0.6) is 5.75 Å². The average molecular weight is 468 g/mol. The number of carbonyl (C=O) groups excluding carboxylic acids is 4. The van der Waals surface area contributed by atoms with Gasteiger partial charge in [0.15, 0.2) is 0 Å². The van der Waals surface area contributed by atoms with E-state index in [1.807, 2.05) is 25.8 Å². The van der Waals surface area contributed by atoms with Gasteiger partial charge in [0.25, 0.3) is 11.8 Å². The van der Waals surface area contributed by atoms with Gasteiger partial charge < -0.3 is 20.4 Å². The Hall–Kier alpha value is -4.00. The number of H-pyrrole nitrogens is 1. The number of hydrogen-bond donors (Lipinski definition) is 4. The SMILES string of the molecule is C#CC(=O)N(C[C@@H]1CCNC1=O)NC(=O)[C@H](CC(C)C)NC(=O)c1cc2c(OC)cccc2[nH]1. The van der Waals surface area contributed by atoms with Gasteiger partial charge in [0.05, 0.1) is 19.6 Å². The fourth-order valence-corrected chi connectivity index (χ4v) is 3.87. The second-order valence-corrected chi connectivity index (χ2v) is 8.57. The van der Waals surface area contributed by atoms with E-state index in [1.54, 1.807) is 25.3 Å². The first-order valence-electron chi connectivity index (χ1n) is 11.1. The summed E-state index contributed by atoms with van der Waals surface area (Å²) in [7, 11) is 1.54. The third-order valence-electron chi connectivity index (χ3n) is 5.60. The van der Waals surface area contributed by atoms with Crippen LogP contribution in [-0.4, -0.2) is 59.9 Å². The van der Waals surface area contributed by atoms with Crippen LogP contribution in [0.1, 0.15) is 37.2 Å². The Morgan fingerprint density at radius 1 is 1.32 bits per heavy atom. The summed E-state index contributed by atoms with van der Waals surface area (Å²) in [5.41, 5.74) is 3.48. The number of amides is 4. The Morgan fingerprint density at radius 2 is 2.09 bits per heavy atom. The normalized spacial score (nSPS) is 16.0. The molecule has 180 valence electrons. The first-order chi connectivity index (χ1) is 16.2. The van der Waals surface area contributed by atoms with E-state index in [1.165, 1.54) is 0 Å². The number of nitrogens with one attached hydrogen (secondary N) is 4. The molecule has 2 atom stereocenters. The predicted molar refractivity (Wildman–Crippen MR) is 125 cm³/mol. The molecule has 0 spiro atoms. The molecule has 1 fully saturated rings. The molecule has 1 aliphatic heterocycles. The summed E-state index contributed by atoms with van der Waals surface area (Å²) in [5, 5.41) is 7.12. The Kier molecular flexibility index (Phi) is 7.79. The van der Waals surface area contributed by atoms with Gasteiger partial charge in [-0.25, -0.2) is 5.01 Å². The lowest BCUT2D eigenvalue weighted by Crippen LogP contribution is -2.55. The van der Waals surface area contributed by atoms with Crippen molar-refractivity contribution in [1.82, 2.24) is 26.1 Å². The lowest BCUT2D eigenvalue weighted by Gasteiger charge is -2.27. The number of terminal acetylenes is 1. The van der Waals surface area contributed by atoms with E-state index in [4.69, 9.17) is 11.2 Å². The molecule has 0 unspecified atom stereocenters. The second kappa shape index (κ2) is 10.7. The predicted octanol–water partition coefficient (Wildman–Crippen LogP) is 0.950. The van der Waals surface area contributed by atoms with Crippen LogP contribution in [0.3, 0.4) is 0 Å². The summed E-state index contributed by atoms with van der Waals surface area (Å²) < 4.78 is 5.33. The van der Waals surface area contributed by atoms with Gasteiger partial charge in [0, 0.05) is 17.4 Å². The largest absolute Gasteiger partial charge is 0.496 e. The zero-order chi connectivity index (χ0) is 24.8. The molecule has 34 heavy (non-hydrogen) atoms. The van der Waals surface area contributed by atoms with E-state index >= 15 is 0 Å². The fourth-order valence-electron chi connectivity index (χ4n) is 3.87. The van der Waals surface area contributed by atoms with Crippen molar-refractivity contribution in [3.63, 3.8) is 0 Å². The summed E-state index contributed by atoms with van der Waals surface area (Å²) in [6, 6.07) is 6.12. The fraction of sp³-hybridized carbons (Fsp3) is 0.417. The van der Waals surface area contributed by atoms with E-state index in [-0.39, 0.29) is 24.1 Å². The molecular formula is C24H29N5O5. The van der Waals surface area contributed by atoms with Crippen molar-refractivity contribution < 1.29 is 23.9 Å². The third-order valence-corrected chi connectivity index (χ3v) is 5.60. The van der Waals surface area contributed by atoms with Crippen molar-refractivity contribution in [3.05, 3.63) is 30.0 Å².